The van der Waals surface area contributed by atoms with Crippen LogP contribution in [0.2, 0.25) is 0 Å². The van der Waals surface area contributed by atoms with Crippen LogP contribution in [-0.4, -0.2) is 10.6 Å². The van der Waals surface area contributed by atoms with Crippen molar-refractivity contribution in [3.63, 3.8) is 0 Å². The largest absolute Gasteiger partial charge is 0.334 e. The van der Waals surface area contributed by atoms with E-state index in [4.69, 9.17) is 0 Å². The summed E-state index contributed by atoms with van der Waals surface area (Å²) in [5.41, 5.74) is 11.8. The van der Waals surface area contributed by atoms with Gasteiger partial charge in [0.2, 0.25) is 0 Å². The molecule has 246 valence electrons. The van der Waals surface area contributed by atoms with Gasteiger partial charge in [0, 0.05) is 39.1 Å². The molecule has 0 saturated heterocycles. The van der Waals surface area contributed by atoms with E-state index in [0.717, 1.165) is 40.7 Å². The van der Waals surface area contributed by atoms with Crippen molar-refractivity contribution in [1.29, 1.82) is 10.5 Å². The van der Waals surface area contributed by atoms with Crippen LogP contribution in [0.15, 0.2) is 156 Å². The van der Waals surface area contributed by atoms with E-state index in [1.807, 2.05) is 18.2 Å². The van der Waals surface area contributed by atoms with Gasteiger partial charge >= 0.3 is 0 Å². The lowest BCUT2D eigenvalue weighted by Crippen LogP contribution is -2.51. The van der Waals surface area contributed by atoms with Gasteiger partial charge in [-0.25, -0.2) is 0 Å². The Morgan fingerprint density at radius 3 is 2.25 bits per heavy atom. The van der Waals surface area contributed by atoms with Crippen molar-refractivity contribution >= 4 is 33.1 Å². The molecule has 0 radical (unpaired) electrons. The molecule has 4 aromatic carbocycles. The molecular weight excluding hydrogens is 621 g/mol. The highest BCUT2D eigenvalue weighted by molar-refractivity contribution is 6.09. The maximum Gasteiger partial charge on any atom is 0.0991 e. The van der Waals surface area contributed by atoms with Crippen molar-refractivity contribution < 1.29 is 0 Å². The quantitative estimate of drug-likeness (QED) is 0.193. The summed E-state index contributed by atoms with van der Waals surface area (Å²) in [6.45, 7) is 4.76. The Kier molecular flexibility index (Phi) is 7.30. The van der Waals surface area contributed by atoms with E-state index in [9.17, 15) is 10.5 Å². The first-order valence-corrected chi connectivity index (χ1v) is 18.0. The third kappa shape index (κ3) is 4.86. The number of hydrogen-bond acceptors (Lipinski definition) is 3. The van der Waals surface area contributed by atoms with Crippen LogP contribution in [0, 0.1) is 34.5 Å². The zero-order chi connectivity index (χ0) is 34.7. The summed E-state index contributed by atoms with van der Waals surface area (Å²) in [5, 5.41) is 23.1. The highest BCUT2D eigenvalue weighted by Crippen LogP contribution is 2.51. The number of allylic oxidation sites excluding steroid dienone is 9. The fraction of sp³-hybridized carbons (Fsp3) is 0.191. The molecule has 0 spiro atoms. The van der Waals surface area contributed by atoms with Crippen LogP contribution in [0.5, 0.6) is 0 Å². The van der Waals surface area contributed by atoms with E-state index >= 15 is 0 Å². The highest BCUT2D eigenvalue weighted by atomic mass is 15.2. The molecule has 9 rings (SSSR count). The number of fused-ring (bicyclic) bond motifs is 5. The van der Waals surface area contributed by atoms with Crippen molar-refractivity contribution in [2.75, 3.05) is 4.90 Å². The predicted octanol–water partition coefficient (Wildman–Crippen LogP) is 11.0. The lowest BCUT2D eigenvalue weighted by molar-refractivity contribution is 0.327. The minimum Gasteiger partial charge on any atom is -0.334 e. The third-order valence-electron chi connectivity index (χ3n) is 11.5. The summed E-state index contributed by atoms with van der Waals surface area (Å²) in [6, 6.07) is 36.9. The van der Waals surface area contributed by atoms with Crippen LogP contribution >= 0.6 is 0 Å². The second kappa shape index (κ2) is 12.0. The molecule has 1 aliphatic heterocycles. The third-order valence-corrected chi connectivity index (χ3v) is 11.5. The minimum absolute atomic E-state index is 0.0908. The lowest BCUT2D eigenvalue weighted by Gasteiger charge is -2.51. The zero-order valence-corrected chi connectivity index (χ0v) is 28.9. The van der Waals surface area contributed by atoms with Crippen LogP contribution in [0.3, 0.4) is 0 Å². The van der Waals surface area contributed by atoms with Gasteiger partial charge in [0.1, 0.15) is 0 Å². The second-order valence-electron chi connectivity index (χ2n) is 14.6. The van der Waals surface area contributed by atoms with Crippen LogP contribution < -0.4 is 4.90 Å². The van der Waals surface area contributed by atoms with Gasteiger partial charge in [0.25, 0.3) is 0 Å². The van der Waals surface area contributed by atoms with Gasteiger partial charge in [0.15, 0.2) is 0 Å². The molecule has 4 aliphatic rings. The van der Waals surface area contributed by atoms with Crippen molar-refractivity contribution in [3.05, 3.63) is 173 Å². The fourth-order valence-corrected chi connectivity index (χ4v) is 8.95. The lowest BCUT2D eigenvalue weighted by atomic mass is 9.64. The maximum absolute atomic E-state index is 10.7. The van der Waals surface area contributed by atoms with Crippen molar-refractivity contribution in [1.82, 2.24) is 4.57 Å². The van der Waals surface area contributed by atoms with E-state index < -0.39 is 0 Å². The summed E-state index contributed by atoms with van der Waals surface area (Å²) in [5.74, 6) is -0.128. The van der Waals surface area contributed by atoms with E-state index in [0.29, 0.717) is 12.0 Å². The molecule has 0 N–H and O–H groups in total. The van der Waals surface area contributed by atoms with Gasteiger partial charge in [-0.05, 0) is 84.0 Å². The minimum atomic E-state index is -0.369. The Hall–Kier alpha value is -6.10. The topological polar surface area (TPSA) is 55.8 Å². The zero-order valence-electron chi connectivity index (χ0n) is 28.9. The molecule has 5 aromatic rings. The van der Waals surface area contributed by atoms with Gasteiger partial charge in [-0.1, -0.05) is 111 Å². The molecule has 3 atom stereocenters. The molecule has 51 heavy (non-hydrogen) atoms. The smallest absolute Gasteiger partial charge is 0.0991 e. The average Bonchev–Trinajstić information content (AvgIpc) is 3.52. The van der Waals surface area contributed by atoms with Crippen LogP contribution in [0.25, 0.3) is 33.1 Å². The van der Waals surface area contributed by atoms with E-state index in [-0.39, 0.29) is 23.3 Å². The molecule has 4 heteroatoms. The van der Waals surface area contributed by atoms with E-state index in [1.54, 1.807) is 0 Å². The number of benzene rings is 4. The first kappa shape index (κ1) is 30.9. The standard InChI is InChI=1S/C47H38N4/c1-47(2)40-16-8-11-19-45(40)50(35-12-4-3-5-13-35)46-25-22-33(28-41(46)47)32-21-23-36(34(27-32)30-49)39-26-31(29-48)20-24-44(39)51-42-17-9-6-14-37(42)38-15-7-10-18-43(38)51/h4,6-26,28,34,41,46H,3,5,27H2,1-2H3. The summed E-state index contributed by atoms with van der Waals surface area (Å²) >= 11 is 0. The second-order valence-corrected chi connectivity index (χ2v) is 14.6. The number of anilines is 1. The number of hydrogen-bond donors (Lipinski definition) is 0. The van der Waals surface area contributed by atoms with Gasteiger partial charge in [0.05, 0.1) is 46.4 Å². The fourth-order valence-electron chi connectivity index (χ4n) is 8.95. The predicted molar refractivity (Wildman–Crippen MR) is 208 cm³/mol. The Morgan fingerprint density at radius 1 is 0.784 bits per heavy atom. The number of nitriles is 2. The molecule has 3 aliphatic carbocycles. The van der Waals surface area contributed by atoms with Crippen LogP contribution in [0.4, 0.5) is 5.69 Å². The molecule has 1 aromatic heterocycles. The molecule has 2 heterocycles. The first-order chi connectivity index (χ1) is 25.0. The Balaban J connectivity index is 1.15. The molecule has 4 nitrogen and oxygen atoms in total. The van der Waals surface area contributed by atoms with Gasteiger partial charge in [-0.2, -0.15) is 10.5 Å². The summed E-state index contributed by atoms with van der Waals surface area (Å²) in [6.07, 6.45) is 21.2. The van der Waals surface area contributed by atoms with Gasteiger partial charge < -0.3 is 9.47 Å². The normalized spacial score (nSPS) is 21.9. The number of nitrogens with zero attached hydrogens (tertiary/aromatic N) is 4. The molecule has 0 bridgehead atoms. The molecule has 3 unspecified atom stereocenters. The number of rotatable bonds is 4. The van der Waals surface area contributed by atoms with Crippen molar-refractivity contribution in [2.24, 2.45) is 11.8 Å². The molecule has 0 amide bonds. The van der Waals surface area contributed by atoms with Gasteiger partial charge in [-0.3, -0.25) is 0 Å². The monoisotopic (exact) mass is 658 g/mol. The SMILES string of the molecule is CC1(C)c2ccccc2N(C2=CCCC=C2)C2C=CC(C3=CC=C(c4cc(C#N)ccc4-n4c5ccccc5c5ccccc54)C(C#N)C3)=CC21. The van der Waals surface area contributed by atoms with Crippen LogP contribution in [0.1, 0.15) is 49.8 Å². The molecular formula is C47H38N4. The molecule has 0 fully saturated rings. The molecule has 0 saturated carbocycles. The Labute approximate surface area is 299 Å². The highest BCUT2D eigenvalue weighted by Gasteiger charge is 2.46. The van der Waals surface area contributed by atoms with Crippen LogP contribution in [-0.2, 0) is 5.41 Å². The maximum atomic E-state index is 10.7. The summed E-state index contributed by atoms with van der Waals surface area (Å²) in [7, 11) is 0. The first-order valence-electron chi connectivity index (χ1n) is 18.0. The van der Waals surface area contributed by atoms with Crippen molar-refractivity contribution in [2.45, 2.75) is 44.6 Å². The van der Waals surface area contributed by atoms with Crippen molar-refractivity contribution in [3.8, 4) is 17.8 Å². The van der Waals surface area contributed by atoms with E-state index in [2.05, 4.69) is 157 Å². The Morgan fingerprint density at radius 2 is 1.53 bits per heavy atom. The van der Waals surface area contributed by atoms with Gasteiger partial charge in [-0.15, -0.1) is 0 Å². The average molecular weight is 659 g/mol. The number of aromatic nitrogens is 1. The number of para-hydroxylation sites is 3. The summed E-state index contributed by atoms with van der Waals surface area (Å²) in [4.78, 5) is 2.54. The van der Waals surface area contributed by atoms with E-state index in [1.165, 1.54) is 38.9 Å². The Bertz CT molecular complexity index is 2480. The summed E-state index contributed by atoms with van der Waals surface area (Å²) < 4.78 is 2.29.